The molecule has 0 saturated carbocycles. The van der Waals surface area contributed by atoms with Crippen LogP contribution >= 0.6 is 0 Å². The highest BCUT2D eigenvalue weighted by Crippen LogP contribution is 2.22. The van der Waals surface area contributed by atoms with Crippen LogP contribution in [0.5, 0.6) is 0 Å². The van der Waals surface area contributed by atoms with Gasteiger partial charge in [0.15, 0.2) is 0 Å². The van der Waals surface area contributed by atoms with Gasteiger partial charge in [0.2, 0.25) is 0 Å². The SMILES string of the molecule is C=C[C@H](C)[C@H](O)c1ccc(C(=O)OC)cc1. The Morgan fingerprint density at radius 1 is 1.44 bits per heavy atom. The van der Waals surface area contributed by atoms with Gasteiger partial charge in [0.1, 0.15) is 0 Å². The summed E-state index contributed by atoms with van der Waals surface area (Å²) in [5.41, 5.74) is 1.24. The van der Waals surface area contributed by atoms with E-state index in [1.54, 1.807) is 30.3 Å². The summed E-state index contributed by atoms with van der Waals surface area (Å²) in [5.74, 6) is -0.401. The molecule has 3 heteroatoms. The average Bonchev–Trinajstić information content (AvgIpc) is 2.36. The summed E-state index contributed by atoms with van der Waals surface area (Å²) in [4.78, 5) is 11.2. The largest absolute Gasteiger partial charge is 0.465 e. The average molecular weight is 220 g/mol. The molecule has 0 fully saturated rings. The Bertz CT molecular complexity index is 367. The number of aliphatic hydroxyl groups is 1. The molecule has 0 aromatic heterocycles. The highest BCUT2D eigenvalue weighted by atomic mass is 16.5. The smallest absolute Gasteiger partial charge is 0.337 e. The van der Waals surface area contributed by atoms with Crippen molar-refractivity contribution in [1.82, 2.24) is 0 Å². The Morgan fingerprint density at radius 2 is 2.00 bits per heavy atom. The molecule has 1 aromatic rings. The summed E-state index contributed by atoms with van der Waals surface area (Å²) in [6, 6.07) is 6.72. The van der Waals surface area contributed by atoms with Gasteiger partial charge < -0.3 is 9.84 Å². The summed E-state index contributed by atoms with van der Waals surface area (Å²) in [6.45, 7) is 5.51. The molecule has 3 nitrogen and oxygen atoms in total. The first-order valence-corrected chi connectivity index (χ1v) is 5.09. The van der Waals surface area contributed by atoms with Crippen molar-refractivity contribution >= 4 is 5.97 Å². The summed E-state index contributed by atoms with van der Waals surface area (Å²) >= 11 is 0. The molecule has 0 aliphatic rings. The van der Waals surface area contributed by atoms with E-state index in [2.05, 4.69) is 11.3 Å². The minimum Gasteiger partial charge on any atom is -0.465 e. The summed E-state index contributed by atoms with van der Waals surface area (Å²) in [7, 11) is 1.34. The highest BCUT2D eigenvalue weighted by Gasteiger charge is 2.14. The Labute approximate surface area is 95.4 Å². The standard InChI is InChI=1S/C13H16O3/c1-4-9(2)12(14)10-5-7-11(8-6-10)13(15)16-3/h4-9,12,14H,1H2,2-3H3/t9-,12-/m0/s1. The number of carbonyl (C=O) groups excluding carboxylic acids is 1. The minimum atomic E-state index is -0.593. The number of aliphatic hydroxyl groups excluding tert-OH is 1. The van der Waals surface area contributed by atoms with Gasteiger partial charge in [-0.1, -0.05) is 25.1 Å². The number of hydrogen-bond acceptors (Lipinski definition) is 3. The lowest BCUT2D eigenvalue weighted by molar-refractivity contribution is 0.0600. The van der Waals surface area contributed by atoms with E-state index < -0.39 is 6.10 Å². The van der Waals surface area contributed by atoms with Crippen LogP contribution < -0.4 is 0 Å². The fourth-order valence-electron chi connectivity index (χ4n) is 1.37. The van der Waals surface area contributed by atoms with E-state index in [0.717, 1.165) is 5.56 Å². The number of benzene rings is 1. The van der Waals surface area contributed by atoms with Crippen LogP contribution in [0.3, 0.4) is 0 Å². The zero-order valence-corrected chi connectivity index (χ0v) is 9.51. The zero-order valence-electron chi connectivity index (χ0n) is 9.51. The van der Waals surface area contributed by atoms with Crippen molar-refractivity contribution in [2.45, 2.75) is 13.0 Å². The summed E-state index contributed by atoms with van der Waals surface area (Å²) < 4.78 is 4.59. The third-order valence-corrected chi connectivity index (χ3v) is 2.54. The highest BCUT2D eigenvalue weighted by molar-refractivity contribution is 5.89. The van der Waals surface area contributed by atoms with Crippen molar-refractivity contribution in [3.05, 3.63) is 48.0 Å². The Kier molecular flexibility index (Phi) is 4.26. The topological polar surface area (TPSA) is 46.5 Å². The van der Waals surface area contributed by atoms with Gasteiger partial charge >= 0.3 is 5.97 Å². The summed E-state index contributed by atoms with van der Waals surface area (Å²) in [5, 5.41) is 9.89. The van der Waals surface area contributed by atoms with Crippen molar-refractivity contribution < 1.29 is 14.6 Å². The second-order valence-electron chi connectivity index (χ2n) is 3.65. The van der Waals surface area contributed by atoms with Crippen LogP contribution in [0.25, 0.3) is 0 Å². The van der Waals surface area contributed by atoms with Crippen LogP contribution in [0.2, 0.25) is 0 Å². The van der Waals surface area contributed by atoms with E-state index in [9.17, 15) is 9.90 Å². The maximum Gasteiger partial charge on any atom is 0.337 e. The van der Waals surface area contributed by atoms with Crippen molar-refractivity contribution in [2.24, 2.45) is 5.92 Å². The molecule has 16 heavy (non-hydrogen) atoms. The van der Waals surface area contributed by atoms with Crippen molar-refractivity contribution in [2.75, 3.05) is 7.11 Å². The number of hydrogen-bond donors (Lipinski definition) is 1. The van der Waals surface area contributed by atoms with Gasteiger partial charge in [-0.05, 0) is 17.7 Å². The molecule has 0 spiro atoms. The second-order valence-corrected chi connectivity index (χ2v) is 3.65. The van der Waals surface area contributed by atoms with Crippen LogP contribution in [0.15, 0.2) is 36.9 Å². The molecule has 1 N–H and O–H groups in total. The van der Waals surface area contributed by atoms with Gasteiger partial charge in [-0.15, -0.1) is 6.58 Å². The van der Waals surface area contributed by atoms with Crippen molar-refractivity contribution in [3.63, 3.8) is 0 Å². The lowest BCUT2D eigenvalue weighted by Crippen LogP contribution is -2.07. The maximum atomic E-state index is 11.2. The van der Waals surface area contributed by atoms with E-state index in [1.807, 2.05) is 6.92 Å². The molecule has 0 amide bonds. The van der Waals surface area contributed by atoms with Gasteiger partial charge in [0.25, 0.3) is 0 Å². The Morgan fingerprint density at radius 3 is 2.44 bits per heavy atom. The summed E-state index contributed by atoms with van der Waals surface area (Å²) in [6.07, 6.45) is 1.10. The third kappa shape index (κ3) is 2.70. The van der Waals surface area contributed by atoms with E-state index >= 15 is 0 Å². The zero-order chi connectivity index (χ0) is 12.1. The van der Waals surface area contributed by atoms with Gasteiger partial charge in [0.05, 0.1) is 18.8 Å². The first-order chi connectivity index (χ1) is 7.60. The fourth-order valence-corrected chi connectivity index (χ4v) is 1.37. The molecule has 0 saturated heterocycles. The quantitative estimate of drug-likeness (QED) is 0.625. The number of esters is 1. The lowest BCUT2D eigenvalue weighted by atomic mass is 9.97. The van der Waals surface area contributed by atoms with Gasteiger partial charge in [-0.25, -0.2) is 4.79 Å². The van der Waals surface area contributed by atoms with E-state index in [-0.39, 0.29) is 11.9 Å². The molecule has 1 aromatic carbocycles. The molecule has 1 rings (SSSR count). The number of ether oxygens (including phenoxy) is 1. The predicted octanol–water partition coefficient (Wildman–Crippen LogP) is 2.33. The molecule has 0 aliphatic heterocycles. The molecule has 86 valence electrons. The Hall–Kier alpha value is -1.61. The molecule has 0 heterocycles. The molecule has 0 aliphatic carbocycles. The normalized spacial score (nSPS) is 13.9. The molecular weight excluding hydrogens is 204 g/mol. The van der Waals surface area contributed by atoms with Crippen LogP contribution in [-0.2, 0) is 4.74 Å². The second kappa shape index (κ2) is 5.47. The monoisotopic (exact) mass is 220 g/mol. The first-order valence-electron chi connectivity index (χ1n) is 5.09. The molecular formula is C13H16O3. The number of carbonyl (C=O) groups is 1. The van der Waals surface area contributed by atoms with E-state index in [0.29, 0.717) is 5.56 Å². The molecule has 0 radical (unpaired) electrons. The number of methoxy groups -OCH3 is 1. The fraction of sp³-hybridized carbons (Fsp3) is 0.308. The lowest BCUT2D eigenvalue weighted by Gasteiger charge is -2.15. The van der Waals surface area contributed by atoms with E-state index in [4.69, 9.17) is 0 Å². The van der Waals surface area contributed by atoms with Crippen LogP contribution in [-0.4, -0.2) is 18.2 Å². The van der Waals surface area contributed by atoms with Gasteiger partial charge in [-0.2, -0.15) is 0 Å². The van der Waals surface area contributed by atoms with Crippen LogP contribution in [0.1, 0.15) is 28.9 Å². The van der Waals surface area contributed by atoms with Gasteiger partial charge in [0, 0.05) is 5.92 Å². The molecule has 0 unspecified atom stereocenters. The van der Waals surface area contributed by atoms with E-state index in [1.165, 1.54) is 7.11 Å². The number of rotatable bonds is 4. The first kappa shape index (κ1) is 12.5. The van der Waals surface area contributed by atoms with Crippen LogP contribution in [0.4, 0.5) is 0 Å². The third-order valence-electron chi connectivity index (χ3n) is 2.54. The molecule has 0 bridgehead atoms. The maximum absolute atomic E-state index is 11.2. The van der Waals surface area contributed by atoms with Crippen molar-refractivity contribution in [1.29, 1.82) is 0 Å². The predicted molar refractivity (Wildman–Crippen MR) is 62.1 cm³/mol. The minimum absolute atomic E-state index is 0.0241. The Balaban J connectivity index is 2.86. The molecule has 2 atom stereocenters. The van der Waals surface area contributed by atoms with Gasteiger partial charge in [-0.3, -0.25) is 0 Å². The van der Waals surface area contributed by atoms with Crippen molar-refractivity contribution in [3.8, 4) is 0 Å². The van der Waals surface area contributed by atoms with Crippen LogP contribution in [0, 0.1) is 5.92 Å².